The second kappa shape index (κ2) is 9.65. The third-order valence-electron chi connectivity index (χ3n) is 5.03. The zero-order chi connectivity index (χ0) is 20.8. The number of carbonyl (C=O) groups excluding carboxylic acids is 2. The van der Waals surface area contributed by atoms with E-state index < -0.39 is 24.4 Å². The highest BCUT2D eigenvalue weighted by Crippen LogP contribution is 2.24. The van der Waals surface area contributed by atoms with E-state index in [1.807, 2.05) is 36.4 Å². The summed E-state index contributed by atoms with van der Waals surface area (Å²) in [6.45, 7) is 0.484. The van der Waals surface area contributed by atoms with Crippen molar-refractivity contribution in [1.82, 2.24) is 10.2 Å². The summed E-state index contributed by atoms with van der Waals surface area (Å²) in [5, 5.41) is 23.2. The highest BCUT2D eigenvalue weighted by Gasteiger charge is 2.43. The predicted molar refractivity (Wildman–Crippen MR) is 107 cm³/mol. The zero-order valence-corrected chi connectivity index (χ0v) is 16.3. The van der Waals surface area contributed by atoms with Crippen LogP contribution in [0.5, 0.6) is 0 Å². The SMILES string of the molecule is CN(Cc1ccccc1)C(=O)C[C@H]1O[C@H](CNC(=O)c2ccccc2)[C@@H](O)[C@H]1O. The maximum absolute atomic E-state index is 12.5. The normalized spacial score (nSPS) is 23.6. The first-order valence-electron chi connectivity index (χ1n) is 9.58. The number of aliphatic hydroxyl groups excluding tert-OH is 2. The first-order chi connectivity index (χ1) is 14.0. The van der Waals surface area contributed by atoms with Gasteiger partial charge in [-0.1, -0.05) is 48.5 Å². The Balaban J connectivity index is 1.51. The molecule has 1 aliphatic rings. The number of aliphatic hydroxyl groups is 2. The van der Waals surface area contributed by atoms with Crippen LogP contribution in [0.2, 0.25) is 0 Å². The van der Waals surface area contributed by atoms with E-state index in [4.69, 9.17) is 4.74 Å². The Morgan fingerprint density at radius 1 is 0.966 bits per heavy atom. The Bertz CT molecular complexity index is 814. The van der Waals surface area contributed by atoms with Gasteiger partial charge in [-0.05, 0) is 17.7 Å². The molecule has 2 aromatic carbocycles. The van der Waals surface area contributed by atoms with Crippen LogP contribution in [0.15, 0.2) is 60.7 Å². The molecule has 2 aromatic rings. The number of nitrogens with one attached hydrogen (secondary N) is 1. The van der Waals surface area contributed by atoms with Crippen molar-refractivity contribution in [2.45, 2.75) is 37.4 Å². The quantitative estimate of drug-likeness (QED) is 0.645. The average Bonchev–Trinajstić information content (AvgIpc) is 3.01. The molecule has 0 aromatic heterocycles. The molecular formula is C22H26N2O5. The summed E-state index contributed by atoms with van der Waals surface area (Å²) >= 11 is 0. The third-order valence-corrected chi connectivity index (χ3v) is 5.03. The van der Waals surface area contributed by atoms with Gasteiger partial charge in [-0.3, -0.25) is 9.59 Å². The molecule has 0 radical (unpaired) electrons. The molecule has 7 nitrogen and oxygen atoms in total. The topological polar surface area (TPSA) is 99.1 Å². The van der Waals surface area contributed by atoms with Crippen LogP contribution in [-0.4, -0.2) is 64.9 Å². The van der Waals surface area contributed by atoms with Crippen LogP contribution in [-0.2, 0) is 16.1 Å². The minimum Gasteiger partial charge on any atom is -0.388 e. The van der Waals surface area contributed by atoms with Crippen LogP contribution >= 0.6 is 0 Å². The number of benzene rings is 2. The fourth-order valence-electron chi connectivity index (χ4n) is 3.32. The Kier molecular flexibility index (Phi) is 6.98. The summed E-state index contributed by atoms with van der Waals surface area (Å²) in [5.41, 5.74) is 1.49. The number of rotatable bonds is 7. The van der Waals surface area contributed by atoms with Crippen molar-refractivity contribution < 1.29 is 24.5 Å². The molecule has 3 N–H and O–H groups in total. The van der Waals surface area contributed by atoms with Crippen molar-refractivity contribution in [3.8, 4) is 0 Å². The van der Waals surface area contributed by atoms with Gasteiger partial charge in [-0.2, -0.15) is 0 Å². The van der Waals surface area contributed by atoms with Crippen molar-refractivity contribution >= 4 is 11.8 Å². The van der Waals surface area contributed by atoms with Crippen LogP contribution < -0.4 is 5.32 Å². The number of nitrogens with zero attached hydrogens (tertiary/aromatic N) is 1. The van der Waals surface area contributed by atoms with Gasteiger partial charge in [-0.25, -0.2) is 0 Å². The van der Waals surface area contributed by atoms with Crippen molar-refractivity contribution in [2.75, 3.05) is 13.6 Å². The molecule has 1 heterocycles. The lowest BCUT2D eigenvalue weighted by atomic mass is 10.0. The van der Waals surface area contributed by atoms with Crippen LogP contribution in [0.25, 0.3) is 0 Å². The van der Waals surface area contributed by atoms with Crippen LogP contribution in [0.3, 0.4) is 0 Å². The van der Waals surface area contributed by atoms with Crippen molar-refractivity contribution in [3.63, 3.8) is 0 Å². The van der Waals surface area contributed by atoms with Gasteiger partial charge in [0.2, 0.25) is 5.91 Å². The van der Waals surface area contributed by atoms with E-state index in [2.05, 4.69) is 5.32 Å². The van der Waals surface area contributed by atoms with Gasteiger partial charge in [0.1, 0.15) is 18.3 Å². The molecule has 0 bridgehead atoms. The molecule has 1 fully saturated rings. The molecule has 4 atom stereocenters. The molecule has 1 saturated heterocycles. The maximum Gasteiger partial charge on any atom is 0.251 e. The molecule has 3 rings (SSSR count). The van der Waals surface area contributed by atoms with Crippen LogP contribution in [0, 0.1) is 0 Å². The Labute approximate surface area is 169 Å². The highest BCUT2D eigenvalue weighted by atomic mass is 16.5. The third kappa shape index (κ3) is 5.41. The fourth-order valence-corrected chi connectivity index (χ4v) is 3.32. The Morgan fingerprint density at radius 2 is 1.55 bits per heavy atom. The summed E-state index contributed by atoms with van der Waals surface area (Å²) in [6, 6.07) is 18.3. The molecule has 0 aliphatic carbocycles. The first kappa shape index (κ1) is 21.0. The first-order valence-corrected chi connectivity index (χ1v) is 9.58. The standard InChI is InChI=1S/C22H26N2O5/c1-24(14-15-8-4-2-5-9-15)19(25)12-17-20(26)21(27)18(29-17)13-23-22(28)16-10-6-3-7-11-16/h2-11,17-18,20-21,26-27H,12-14H2,1H3,(H,23,28)/t17-,18-,20+,21-/m1/s1. The van der Waals surface area contributed by atoms with E-state index in [-0.39, 0.29) is 24.8 Å². The van der Waals surface area contributed by atoms with Gasteiger partial charge in [0.15, 0.2) is 0 Å². The lowest BCUT2D eigenvalue weighted by Gasteiger charge is -2.21. The minimum absolute atomic E-state index is 0.0382. The van der Waals surface area contributed by atoms with Gasteiger partial charge in [0.25, 0.3) is 5.91 Å². The molecule has 2 amide bonds. The minimum atomic E-state index is -1.19. The molecule has 1 aliphatic heterocycles. The highest BCUT2D eigenvalue weighted by molar-refractivity contribution is 5.94. The molecule has 0 unspecified atom stereocenters. The lowest BCUT2D eigenvalue weighted by Crippen LogP contribution is -2.40. The summed E-state index contributed by atoms with van der Waals surface area (Å²) in [4.78, 5) is 26.2. The maximum atomic E-state index is 12.5. The van der Waals surface area contributed by atoms with Crippen LogP contribution in [0.1, 0.15) is 22.3 Å². The lowest BCUT2D eigenvalue weighted by molar-refractivity contribution is -0.134. The van der Waals surface area contributed by atoms with Crippen LogP contribution in [0.4, 0.5) is 0 Å². The van der Waals surface area contributed by atoms with Gasteiger partial charge in [0, 0.05) is 25.7 Å². The summed E-state index contributed by atoms with van der Waals surface area (Å²) in [6.07, 6.45) is -4.03. The van der Waals surface area contributed by atoms with E-state index in [0.29, 0.717) is 12.1 Å². The van der Waals surface area contributed by atoms with E-state index in [0.717, 1.165) is 5.56 Å². The second-order valence-electron chi connectivity index (χ2n) is 7.21. The number of hydrogen-bond acceptors (Lipinski definition) is 5. The number of hydrogen-bond donors (Lipinski definition) is 3. The fraction of sp³-hybridized carbons (Fsp3) is 0.364. The molecule has 154 valence electrons. The molecule has 29 heavy (non-hydrogen) atoms. The largest absolute Gasteiger partial charge is 0.388 e. The number of carbonyl (C=O) groups is 2. The average molecular weight is 398 g/mol. The zero-order valence-electron chi connectivity index (χ0n) is 16.3. The smallest absolute Gasteiger partial charge is 0.251 e. The van der Waals surface area contributed by atoms with Gasteiger partial charge >= 0.3 is 0 Å². The molecule has 0 saturated carbocycles. The molecule has 7 heteroatoms. The van der Waals surface area contributed by atoms with Crippen molar-refractivity contribution in [3.05, 3.63) is 71.8 Å². The molecule has 0 spiro atoms. The Hall–Kier alpha value is -2.74. The van der Waals surface area contributed by atoms with Gasteiger partial charge in [-0.15, -0.1) is 0 Å². The number of ether oxygens (including phenoxy) is 1. The van der Waals surface area contributed by atoms with E-state index in [1.54, 1.807) is 36.2 Å². The molecular weight excluding hydrogens is 372 g/mol. The van der Waals surface area contributed by atoms with Crippen molar-refractivity contribution in [2.24, 2.45) is 0 Å². The number of amides is 2. The van der Waals surface area contributed by atoms with Gasteiger partial charge < -0.3 is 25.2 Å². The Morgan fingerprint density at radius 3 is 2.21 bits per heavy atom. The van der Waals surface area contributed by atoms with E-state index in [1.165, 1.54) is 0 Å². The summed E-state index contributed by atoms with van der Waals surface area (Å²) in [5.74, 6) is -0.489. The predicted octanol–water partition coefficient (Wildman–Crippen LogP) is 0.954. The van der Waals surface area contributed by atoms with E-state index >= 15 is 0 Å². The monoisotopic (exact) mass is 398 g/mol. The second-order valence-corrected chi connectivity index (χ2v) is 7.21. The van der Waals surface area contributed by atoms with E-state index in [9.17, 15) is 19.8 Å². The van der Waals surface area contributed by atoms with Gasteiger partial charge in [0.05, 0.1) is 12.5 Å². The summed E-state index contributed by atoms with van der Waals surface area (Å²) in [7, 11) is 1.69. The summed E-state index contributed by atoms with van der Waals surface area (Å²) < 4.78 is 5.68. The van der Waals surface area contributed by atoms with Crippen molar-refractivity contribution in [1.29, 1.82) is 0 Å².